The molecule has 1 aromatic heterocycles. The predicted molar refractivity (Wildman–Crippen MR) is 77.5 cm³/mol. The van der Waals surface area contributed by atoms with Crippen LogP contribution in [0.5, 0.6) is 5.75 Å². The van der Waals surface area contributed by atoms with Gasteiger partial charge in [-0.05, 0) is 31.2 Å². The third-order valence-electron chi connectivity index (χ3n) is 2.92. The fourth-order valence-electron chi connectivity index (χ4n) is 1.82. The van der Waals surface area contributed by atoms with Crippen molar-refractivity contribution < 1.29 is 4.74 Å². The Kier molecular flexibility index (Phi) is 5.34. The van der Waals surface area contributed by atoms with Crippen molar-refractivity contribution in [1.82, 2.24) is 20.2 Å². The van der Waals surface area contributed by atoms with Crippen molar-refractivity contribution in [2.24, 2.45) is 5.84 Å². The number of rotatable bonds is 7. The molecular formula is C13H18ClN5O. The fraction of sp³-hybridized carbons (Fsp3) is 0.385. The highest BCUT2D eigenvalue weighted by atomic mass is 35.5. The van der Waals surface area contributed by atoms with Gasteiger partial charge in [0.2, 0.25) is 0 Å². The minimum absolute atomic E-state index is 0.0415. The smallest absolute Gasteiger partial charge is 0.138 e. The molecule has 1 unspecified atom stereocenters. The van der Waals surface area contributed by atoms with Crippen molar-refractivity contribution in [3.8, 4) is 5.75 Å². The molecule has 0 aliphatic heterocycles. The van der Waals surface area contributed by atoms with Gasteiger partial charge in [0.1, 0.15) is 24.5 Å². The molecule has 6 nitrogen and oxygen atoms in total. The van der Waals surface area contributed by atoms with Gasteiger partial charge in [-0.3, -0.25) is 16.0 Å². The van der Waals surface area contributed by atoms with E-state index in [2.05, 4.69) is 15.5 Å². The van der Waals surface area contributed by atoms with Crippen molar-refractivity contribution in [2.75, 3.05) is 6.61 Å². The summed E-state index contributed by atoms with van der Waals surface area (Å²) < 4.78 is 7.52. The lowest BCUT2D eigenvalue weighted by molar-refractivity contribution is 0.261. The maximum absolute atomic E-state index is 5.82. The van der Waals surface area contributed by atoms with E-state index in [-0.39, 0.29) is 6.04 Å². The van der Waals surface area contributed by atoms with Crippen LogP contribution in [-0.2, 0) is 13.0 Å². The molecule has 0 bridgehead atoms. The normalized spacial score (nSPS) is 12.3. The second kappa shape index (κ2) is 7.23. The van der Waals surface area contributed by atoms with Crippen molar-refractivity contribution in [3.63, 3.8) is 0 Å². The first-order chi connectivity index (χ1) is 9.72. The largest absolute Gasteiger partial charge is 0.492 e. The molecule has 0 aliphatic rings. The molecule has 0 saturated heterocycles. The molecule has 108 valence electrons. The second-order valence-electron chi connectivity index (χ2n) is 4.32. The Morgan fingerprint density at radius 3 is 2.80 bits per heavy atom. The van der Waals surface area contributed by atoms with Crippen LogP contribution in [0.4, 0.5) is 0 Å². The number of hydrogen-bond acceptors (Lipinski definition) is 5. The molecule has 7 heteroatoms. The number of aromatic nitrogens is 3. The van der Waals surface area contributed by atoms with E-state index in [0.29, 0.717) is 18.1 Å². The van der Waals surface area contributed by atoms with Crippen molar-refractivity contribution >= 4 is 11.6 Å². The summed E-state index contributed by atoms with van der Waals surface area (Å²) in [5.74, 6) is 7.20. The van der Waals surface area contributed by atoms with Crippen LogP contribution in [0.3, 0.4) is 0 Å². The van der Waals surface area contributed by atoms with Gasteiger partial charge in [0, 0.05) is 18.0 Å². The molecule has 3 N–H and O–H groups in total. The average molecular weight is 296 g/mol. The van der Waals surface area contributed by atoms with Gasteiger partial charge in [-0.1, -0.05) is 11.6 Å². The lowest BCUT2D eigenvalue weighted by atomic mass is 10.2. The molecule has 1 heterocycles. The molecule has 0 radical (unpaired) electrons. The Morgan fingerprint density at radius 2 is 2.15 bits per heavy atom. The van der Waals surface area contributed by atoms with E-state index < -0.39 is 0 Å². The third-order valence-corrected chi connectivity index (χ3v) is 3.18. The predicted octanol–water partition coefficient (Wildman–Crippen LogP) is 1.40. The number of hydrogen-bond donors (Lipinski definition) is 2. The van der Waals surface area contributed by atoms with E-state index in [1.165, 1.54) is 0 Å². The molecular weight excluding hydrogens is 278 g/mol. The van der Waals surface area contributed by atoms with E-state index in [1.54, 1.807) is 18.5 Å². The maximum atomic E-state index is 5.82. The van der Waals surface area contributed by atoms with Gasteiger partial charge in [0.05, 0.1) is 6.04 Å². The van der Waals surface area contributed by atoms with E-state index in [0.717, 1.165) is 18.1 Å². The summed E-state index contributed by atoms with van der Waals surface area (Å²) in [4.78, 5) is 4.22. The van der Waals surface area contributed by atoms with Crippen molar-refractivity contribution in [3.05, 3.63) is 41.4 Å². The maximum Gasteiger partial charge on any atom is 0.138 e. The Morgan fingerprint density at radius 1 is 1.40 bits per heavy atom. The molecule has 2 aromatic rings. The zero-order valence-electron chi connectivity index (χ0n) is 11.3. The summed E-state index contributed by atoms with van der Waals surface area (Å²) in [5, 5.41) is 4.81. The van der Waals surface area contributed by atoms with Crippen LogP contribution in [0, 0.1) is 0 Å². The zero-order valence-corrected chi connectivity index (χ0v) is 12.0. The monoisotopic (exact) mass is 295 g/mol. The molecule has 1 atom stereocenters. The summed E-state index contributed by atoms with van der Waals surface area (Å²) in [6.07, 6.45) is 2.20. The van der Waals surface area contributed by atoms with Crippen LogP contribution in [0.25, 0.3) is 0 Å². The molecule has 0 amide bonds. The van der Waals surface area contributed by atoms with Crippen LogP contribution in [-0.4, -0.2) is 27.4 Å². The molecule has 0 aliphatic carbocycles. The Bertz CT molecular complexity index is 528. The van der Waals surface area contributed by atoms with E-state index in [9.17, 15) is 0 Å². The number of nitrogens with zero attached hydrogens (tertiary/aromatic N) is 3. The minimum Gasteiger partial charge on any atom is -0.492 e. The first kappa shape index (κ1) is 14.8. The molecule has 0 spiro atoms. The molecule has 0 fully saturated rings. The fourth-order valence-corrected chi connectivity index (χ4v) is 1.95. The van der Waals surface area contributed by atoms with Gasteiger partial charge in [-0.2, -0.15) is 5.10 Å². The quantitative estimate of drug-likeness (QED) is 0.596. The molecule has 1 aromatic carbocycles. The summed E-state index contributed by atoms with van der Waals surface area (Å²) in [7, 11) is 0. The first-order valence-electron chi connectivity index (χ1n) is 6.44. The highest BCUT2D eigenvalue weighted by Gasteiger charge is 2.13. The van der Waals surface area contributed by atoms with Crippen LogP contribution < -0.4 is 16.0 Å². The van der Waals surface area contributed by atoms with Crippen LogP contribution >= 0.6 is 11.6 Å². The SMILES string of the molecule is CCn1ncnc1CC(COc1ccc(Cl)cc1)NN. The summed E-state index contributed by atoms with van der Waals surface area (Å²) in [6.45, 7) is 3.24. The van der Waals surface area contributed by atoms with Gasteiger partial charge in [-0.25, -0.2) is 4.98 Å². The van der Waals surface area contributed by atoms with E-state index in [4.69, 9.17) is 22.2 Å². The zero-order chi connectivity index (χ0) is 14.4. The summed E-state index contributed by atoms with van der Waals surface area (Å²) in [5.41, 5.74) is 2.74. The minimum atomic E-state index is -0.0415. The number of ether oxygens (including phenoxy) is 1. The number of nitrogens with one attached hydrogen (secondary N) is 1. The Labute approximate surface area is 122 Å². The topological polar surface area (TPSA) is 78.0 Å². The lowest BCUT2D eigenvalue weighted by Crippen LogP contribution is -2.41. The number of halogens is 1. The Hall–Kier alpha value is -1.63. The second-order valence-corrected chi connectivity index (χ2v) is 4.76. The van der Waals surface area contributed by atoms with E-state index in [1.807, 2.05) is 23.7 Å². The molecule has 0 saturated carbocycles. The van der Waals surface area contributed by atoms with Crippen molar-refractivity contribution in [2.45, 2.75) is 25.9 Å². The third kappa shape index (κ3) is 3.93. The van der Waals surface area contributed by atoms with Crippen molar-refractivity contribution in [1.29, 1.82) is 0 Å². The molecule has 2 rings (SSSR count). The first-order valence-corrected chi connectivity index (χ1v) is 6.82. The number of hydrazine groups is 1. The number of nitrogens with two attached hydrogens (primary N) is 1. The summed E-state index contributed by atoms with van der Waals surface area (Å²) >= 11 is 5.82. The highest BCUT2D eigenvalue weighted by Crippen LogP contribution is 2.15. The summed E-state index contributed by atoms with van der Waals surface area (Å²) in [6, 6.07) is 7.18. The van der Waals surface area contributed by atoms with Gasteiger partial charge in [0.25, 0.3) is 0 Å². The van der Waals surface area contributed by atoms with Gasteiger partial charge < -0.3 is 4.74 Å². The van der Waals surface area contributed by atoms with Gasteiger partial charge >= 0.3 is 0 Å². The van der Waals surface area contributed by atoms with Crippen LogP contribution in [0.1, 0.15) is 12.7 Å². The van der Waals surface area contributed by atoms with Crippen LogP contribution in [0.15, 0.2) is 30.6 Å². The Balaban J connectivity index is 1.90. The number of aryl methyl sites for hydroxylation is 1. The van der Waals surface area contributed by atoms with Crippen LogP contribution in [0.2, 0.25) is 5.02 Å². The standard InChI is InChI=1S/C13H18ClN5O/c1-2-19-13(16-9-17-19)7-11(18-15)8-20-12-5-3-10(14)4-6-12/h3-6,9,11,18H,2,7-8,15H2,1H3. The highest BCUT2D eigenvalue weighted by molar-refractivity contribution is 6.30. The van der Waals surface area contributed by atoms with Gasteiger partial charge in [0.15, 0.2) is 0 Å². The van der Waals surface area contributed by atoms with Gasteiger partial charge in [-0.15, -0.1) is 0 Å². The average Bonchev–Trinajstić information content (AvgIpc) is 2.92. The molecule has 20 heavy (non-hydrogen) atoms. The lowest BCUT2D eigenvalue weighted by Gasteiger charge is -2.16. The van der Waals surface area contributed by atoms with E-state index >= 15 is 0 Å². The number of benzene rings is 1.